The van der Waals surface area contributed by atoms with E-state index in [1.165, 1.54) is 0 Å². The van der Waals surface area contributed by atoms with Crippen molar-refractivity contribution in [3.63, 3.8) is 0 Å². The van der Waals surface area contributed by atoms with Crippen molar-refractivity contribution in [1.29, 1.82) is 0 Å². The number of Topliss-reactive ketones (excluding diaryl/α,β-unsaturated/α-hetero) is 1. The molecule has 2 rings (SSSR count). The molecule has 0 N–H and O–H groups in total. The van der Waals surface area contributed by atoms with Gasteiger partial charge in [0, 0.05) is 11.5 Å². The maximum atomic E-state index is 12.6. The summed E-state index contributed by atoms with van der Waals surface area (Å²) in [6, 6.07) is 5.67. The molecule has 1 nitrogen and oxygen atoms in total. The van der Waals surface area contributed by atoms with E-state index < -0.39 is 12.1 Å². The lowest BCUT2D eigenvalue weighted by Crippen LogP contribution is -2.30. The van der Waals surface area contributed by atoms with Gasteiger partial charge in [-0.15, -0.1) is 0 Å². The summed E-state index contributed by atoms with van der Waals surface area (Å²) in [4.78, 5) is 12.4. The van der Waals surface area contributed by atoms with Crippen LogP contribution in [0.4, 0.5) is 13.2 Å². The van der Waals surface area contributed by atoms with Gasteiger partial charge in [0.2, 0.25) is 0 Å². The number of alkyl halides is 3. The van der Waals surface area contributed by atoms with E-state index in [-0.39, 0.29) is 24.5 Å². The van der Waals surface area contributed by atoms with E-state index in [0.29, 0.717) is 18.4 Å². The molecule has 4 heteroatoms. The summed E-state index contributed by atoms with van der Waals surface area (Å²) >= 11 is 0. The van der Waals surface area contributed by atoms with Gasteiger partial charge >= 0.3 is 6.18 Å². The SMILES string of the molecule is Cc1ccc(C)c(C(=O)C2CCC(C(F)(F)F)CC2)c1. The fourth-order valence-electron chi connectivity index (χ4n) is 2.90. The molecule has 110 valence electrons. The lowest BCUT2D eigenvalue weighted by atomic mass is 9.77. The van der Waals surface area contributed by atoms with Crippen molar-refractivity contribution in [2.24, 2.45) is 11.8 Å². The second kappa shape index (κ2) is 5.58. The van der Waals surface area contributed by atoms with Crippen LogP contribution in [-0.4, -0.2) is 12.0 Å². The zero-order valence-electron chi connectivity index (χ0n) is 11.8. The molecule has 0 unspecified atom stereocenters. The van der Waals surface area contributed by atoms with Crippen molar-refractivity contribution in [3.8, 4) is 0 Å². The van der Waals surface area contributed by atoms with Crippen molar-refractivity contribution in [2.75, 3.05) is 0 Å². The van der Waals surface area contributed by atoms with Gasteiger partial charge in [0.1, 0.15) is 0 Å². The molecule has 1 aromatic rings. The maximum absolute atomic E-state index is 12.6. The molecule has 1 saturated carbocycles. The second-order valence-electron chi connectivity index (χ2n) is 5.77. The summed E-state index contributed by atoms with van der Waals surface area (Å²) in [6.07, 6.45) is -3.28. The van der Waals surface area contributed by atoms with Gasteiger partial charge in [0.15, 0.2) is 5.78 Å². The number of carbonyl (C=O) groups excluding carboxylic acids is 1. The van der Waals surface area contributed by atoms with Gasteiger partial charge in [0.05, 0.1) is 5.92 Å². The predicted octanol–water partition coefficient (Wildman–Crippen LogP) is 4.85. The van der Waals surface area contributed by atoms with Gasteiger partial charge in [-0.05, 0) is 51.2 Å². The first-order valence-corrected chi connectivity index (χ1v) is 6.97. The highest BCUT2D eigenvalue weighted by molar-refractivity contribution is 5.99. The molecule has 0 spiro atoms. The molecule has 20 heavy (non-hydrogen) atoms. The number of carbonyl (C=O) groups is 1. The van der Waals surface area contributed by atoms with Crippen LogP contribution >= 0.6 is 0 Å². The van der Waals surface area contributed by atoms with E-state index in [2.05, 4.69) is 0 Å². The molecular weight excluding hydrogens is 265 g/mol. The quantitative estimate of drug-likeness (QED) is 0.709. The topological polar surface area (TPSA) is 17.1 Å². The number of benzene rings is 1. The van der Waals surface area contributed by atoms with Gasteiger partial charge in [-0.1, -0.05) is 17.7 Å². The summed E-state index contributed by atoms with van der Waals surface area (Å²) in [5.74, 6) is -1.48. The zero-order chi connectivity index (χ0) is 14.9. The Morgan fingerprint density at radius 1 is 1.10 bits per heavy atom. The van der Waals surface area contributed by atoms with E-state index in [4.69, 9.17) is 0 Å². The maximum Gasteiger partial charge on any atom is 0.391 e. The number of hydrogen-bond donors (Lipinski definition) is 0. The van der Waals surface area contributed by atoms with Crippen LogP contribution in [0.5, 0.6) is 0 Å². The third kappa shape index (κ3) is 3.22. The van der Waals surface area contributed by atoms with E-state index in [1.54, 1.807) is 0 Å². The molecule has 1 aliphatic rings. The average molecular weight is 284 g/mol. The molecule has 0 aliphatic heterocycles. The smallest absolute Gasteiger partial charge is 0.294 e. The van der Waals surface area contributed by atoms with Crippen molar-refractivity contribution < 1.29 is 18.0 Å². The van der Waals surface area contributed by atoms with Gasteiger partial charge in [-0.2, -0.15) is 13.2 Å². The lowest BCUT2D eigenvalue weighted by Gasteiger charge is -2.29. The Bertz CT molecular complexity index is 497. The van der Waals surface area contributed by atoms with E-state index >= 15 is 0 Å². The Kier molecular flexibility index (Phi) is 4.21. The molecular formula is C16H19F3O. The molecule has 0 amide bonds. The first-order valence-electron chi connectivity index (χ1n) is 6.97. The Labute approximate surface area is 117 Å². The first-order chi connectivity index (χ1) is 9.29. The Balaban J connectivity index is 2.07. The fraction of sp³-hybridized carbons (Fsp3) is 0.562. The fourth-order valence-corrected chi connectivity index (χ4v) is 2.90. The number of rotatable bonds is 2. The molecule has 1 aromatic carbocycles. The van der Waals surface area contributed by atoms with Crippen molar-refractivity contribution in [3.05, 3.63) is 34.9 Å². The van der Waals surface area contributed by atoms with E-state index in [0.717, 1.165) is 11.1 Å². The van der Waals surface area contributed by atoms with Crippen LogP contribution in [0.3, 0.4) is 0 Å². The standard InChI is InChI=1S/C16H19F3O/c1-10-3-4-11(2)14(9-10)15(20)12-5-7-13(8-6-12)16(17,18)19/h3-4,9,12-13H,5-8H2,1-2H3. The number of ketones is 1. The Hall–Kier alpha value is -1.32. The summed E-state index contributed by atoms with van der Waals surface area (Å²) in [5, 5.41) is 0. The Morgan fingerprint density at radius 2 is 1.70 bits per heavy atom. The number of hydrogen-bond acceptors (Lipinski definition) is 1. The van der Waals surface area contributed by atoms with Gasteiger partial charge in [0.25, 0.3) is 0 Å². The normalized spacial score (nSPS) is 23.6. The molecule has 1 aliphatic carbocycles. The van der Waals surface area contributed by atoms with Crippen molar-refractivity contribution >= 4 is 5.78 Å². The predicted molar refractivity (Wildman–Crippen MR) is 71.7 cm³/mol. The summed E-state index contributed by atoms with van der Waals surface area (Å²) in [7, 11) is 0. The third-order valence-corrected chi connectivity index (χ3v) is 4.22. The van der Waals surface area contributed by atoms with Crippen LogP contribution < -0.4 is 0 Å². The molecule has 0 saturated heterocycles. The van der Waals surface area contributed by atoms with Crippen LogP contribution in [0.25, 0.3) is 0 Å². The minimum absolute atomic E-state index is 0.00632. The molecule has 0 radical (unpaired) electrons. The van der Waals surface area contributed by atoms with Crippen LogP contribution in [0, 0.1) is 25.7 Å². The minimum atomic E-state index is -4.12. The van der Waals surface area contributed by atoms with E-state index in [9.17, 15) is 18.0 Å². The monoisotopic (exact) mass is 284 g/mol. The summed E-state index contributed by atoms with van der Waals surface area (Å²) in [6.45, 7) is 3.78. The Morgan fingerprint density at radius 3 is 2.25 bits per heavy atom. The molecule has 0 aromatic heterocycles. The third-order valence-electron chi connectivity index (χ3n) is 4.22. The van der Waals surface area contributed by atoms with Gasteiger partial charge in [-0.25, -0.2) is 0 Å². The van der Waals surface area contributed by atoms with Crippen molar-refractivity contribution in [2.45, 2.75) is 45.7 Å². The van der Waals surface area contributed by atoms with Gasteiger partial charge < -0.3 is 0 Å². The van der Waals surface area contributed by atoms with Crippen LogP contribution in [0.15, 0.2) is 18.2 Å². The average Bonchev–Trinajstić information content (AvgIpc) is 2.40. The number of aryl methyl sites for hydroxylation is 2. The van der Waals surface area contributed by atoms with Gasteiger partial charge in [-0.3, -0.25) is 4.79 Å². The molecule has 1 fully saturated rings. The van der Waals surface area contributed by atoms with E-state index in [1.807, 2.05) is 32.0 Å². The van der Waals surface area contributed by atoms with Crippen LogP contribution in [0.1, 0.15) is 47.2 Å². The van der Waals surface area contributed by atoms with Crippen LogP contribution in [-0.2, 0) is 0 Å². The highest BCUT2D eigenvalue weighted by Gasteiger charge is 2.42. The van der Waals surface area contributed by atoms with Crippen molar-refractivity contribution in [1.82, 2.24) is 0 Å². The molecule has 0 atom stereocenters. The molecule has 0 heterocycles. The largest absolute Gasteiger partial charge is 0.391 e. The summed E-state index contributed by atoms with van der Waals surface area (Å²) < 4.78 is 37.9. The minimum Gasteiger partial charge on any atom is -0.294 e. The zero-order valence-corrected chi connectivity index (χ0v) is 11.8. The second-order valence-corrected chi connectivity index (χ2v) is 5.77. The highest BCUT2D eigenvalue weighted by atomic mass is 19.4. The lowest BCUT2D eigenvalue weighted by molar-refractivity contribution is -0.183. The summed E-state index contributed by atoms with van der Waals surface area (Å²) in [5.41, 5.74) is 2.57. The first kappa shape index (κ1) is 15.1. The van der Waals surface area contributed by atoms with Crippen LogP contribution in [0.2, 0.25) is 0 Å². The number of halogens is 3. The molecule has 0 bridgehead atoms. The highest BCUT2D eigenvalue weighted by Crippen LogP contribution is 2.40.